The van der Waals surface area contributed by atoms with Gasteiger partial charge in [0.25, 0.3) is 0 Å². The summed E-state index contributed by atoms with van der Waals surface area (Å²) in [6, 6.07) is 19.1. The van der Waals surface area contributed by atoms with E-state index in [0.29, 0.717) is 17.1 Å². The maximum Gasteiger partial charge on any atom is 0.328 e. The molecule has 0 saturated heterocycles. The van der Waals surface area contributed by atoms with E-state index in [9.17, 15) is 10.2 Å². The maximum atomic E-state index is 10.3. The van der Waals surface area contributed by atoms with Gasteiger partial charge in [-0.05, 0) is 49.2 Å². The number of para-hydroxylation sites is 2. The number of benzene rings is 3. The SMILES string of the molecule is Cc1ccccc1Oc1nc(Oc2ccccc2C)nc(-c2ccc(O)cc2O)n1. The molecule has 30 heavy (non-hydrogen) atoms. The van der Waals surface area contributed by atoms with Crippen LogP contribution in [0.3, 0.4) is 0 Å². The smallest absolute Gasteiger partial charge is 0.328 e. The van der Waals surface area contributed by atoms with E-state index in [4.69, 9.17) is 9.47 Å². The minimum atomic E-state index is -0.176. The van der Waals surface area contributed by atoms with Gasteiger partial charge in [0.15, 0.2) is 5.82 Å². The third kappa shape index (κ3) is 4.15. The Morgan fingerprint density at radius 2 is 1.20 bits per heavy atom. The molecule has 150 valence electrons. The highest BCUT2D eigenvalue weighted by atomic mass is 16.5. The topological polar surface area (TPSA) is 97.6 Å². The van der Waals surface area contributed by atoms with Crippen LogP contribution in [0, 0.1) is 13.8 Å². The average molecular weight is 401 g/mol. The fraction of sp³-hybridized carbons (Fsp3) is 0.0870. The molecule has 0 amide bonds. The molecule has 4 aromatic rings. The third-order valence-electron chi connectivity index (χ3n) is 4.41. The highest BCUT2D eigenvalue weighted by molar-refractivity contribution is 5.65. The molecule has 0 spiro atoms. The summed E-state index contributed by atoms with van der Waals surface area (Å²) >= 11 is 0. The maximum absolute atomic E-state index is 10.3. The summed E-state index contributed by atoms with van der Waals surface area (Å²) in [7, 11) is 0. The molecule has 0 radical (unpaired) electrons. The molecule has 0 unspecified atom stereocenters. The lowest BCUT2D eigenvalue weighted by molar-refractivity contribution is 0.395. The van der Waals surface area contributed by atoms with Crippen molar-refractivity contribution in [3.05, 3.63) is 77.9 Å². The van der Waals surface area contributed by atoms with Gasteiger partial charge < -0.3 is 19.7 Å². The first-order chi connectivity index (χ1) is 14.5. The summed E-state index contributed by atoms with van der Waals surface area (Å²) in [4.78, 5) is 12.9. The largest absolute Gasteiger partial charge is 0.508 e. The van der Waals surface area contributed by atoms with E-state index in [1.165, 1.54) is 18.2 Å². The van der Waals surface area contributed by atoms with E-state index in [0.717, 1.165) is 11.1 Å². The van der Waals surface area contributed by atoms with E-state index in [-0.39, 0.29) is 29.3 Å². The van der Waals surface area contributed by atoms with Gasteiger partial charge in [-0.1, -0.05) is 36.4 Å². The summed E-state index contributed by atoms with van der Waals surface area (Å²) in [6.45, 7) is 3.82. The molecule has 0 aliphatic rings. The fourth-order valence-electron chi connectivity index (χ4n) is 2.80. The predicted molar refractivity (Wildman–Crippen MR) is 111 cm³/mol. The predicted octanol–water partition coefficient (Wildman–Crippen LogP) is 5.15. The van der Waals surface area contributed by atoms with Crippen molar-refractivity contribution in [2.75, 3.05) is 0 Å². The first-order valence-electron chi connectivity index (χ1n) is 9.25. The summed E-state index contributed by atoms with van der Waals surface area (Å²) in [5.41, 5.74) is 2.13. The van der Waals surface area contributed by atoms with Crippen LogP contribution in [-0.4, -0.2) is 25.2 Å². The number of aromatic hydroxyl groups is 2. The lowest BCUT2D eigenvalue weighted by Crippen LogP contribution is -2.02. The molecule has 7 heteroatoms. The zero-order valence-corrected chi connectivity index (χ0v) is 16.4. The van der Waals surface area contributed by atoms with E-state index >= 15 is 0 Å². The second-order valence-corrected chi connectivity index (χ2v) is 6.66. The van der Waals surface area contributed by atoms with Gasteiger partial charge in [-0.15, -0.1) is 4.98 Å². The minimum Gasteiger partial charge on any atom is -0.508 e. The summed E-state index contributed by atoms with van der Waals surface area (Å²) in [5, 5.41) is 19.8. The Labute approximate surface area is 173 Å². The fourth-order valence-corrected chi connectivity index (χ4v) is 2.80. The molecular weight excluding hydrogens is 382 g/mol. The lowest BCUT2D eigenvalue weighted by atomic mass is 10.2. The molecule has 0 fully saturated rings. The van der Waals surface area contributed by atoms with E-state index in [2.05, 4.69) is 15.0 Å². The Morgan fingerprint density at radius 1 is 0.667 bits per heavy atom. The van der Waals surface area contributed by atoms with Gasteiger partial charge in [-0.2, -0.15) is 9.97 Å². The Balaban J connectivity index is 1.79. The van der Waals surface area contributed by atoms with Crippen molar-refractivity contribution in [2.24, 2.45) is 0 Å². The summed E-state index contributed by atoms with van der Waals surface area (Å²) in [6.07, 6.45) is 0. The van der Waals surface area contributed by atoms with Crippen molar-refractivity contribution >= 4 is 0 Å². The van der Waals surface area contributed by atoms with Crippen molar-refractivity contribution in [1.29, 1.82) is 0 Å². The van der Waals surface area contributed by atoms with Gasteiger partial charge >= 0.3 is 12.0 Å². The number of nitrogens with zero attached hydrogens (tertiary/aromatic N) is 3. The third-order valence-corrected chi connectivity index (χ3v) is 4.41. The van der Waals surface area contributed by atoms with Gasteiger partial charge in [0.2, 0.25) is 0 Å². The van der Waals surface area contributed by atoms with Crippen LogP contribution in [0.4, 0.5) is 0 Å². The highest BCUT2D eigenvalue weighted by Gasteiger charge is 2.16. The van der Waals surface area contributed by atoms with Gasteiger partial charge in [-0.25, -0.2) is 0 Å². The summed E-state index contributed by atoms with van der Waals surface area (Å²) < 4.78 is 11.7. The number of phenols is 2. The van der Waals surface area contributed by atoms with Crippen LogP contribution in [0.5, 0.6) is 35.0 Å². The molecule has 0 aliphatic carbocycles. The van der Waals surface area contributed by atoms with Crippen LogP contribution < -0.4 is 9.47 Å². The minimum absolute atomic E-state index is 0.0189. The van der Waals surface area contributed by atoms with Crippen LogP contribution in [0.1, 0.15) is 11.1 Å². The molecule has 0 aliphatic heterocycles. The molecular formula is C23H19N3O4. The molecule has 7 nitrogen and oxygen atoms in total. The number of aryl methyl sites for hydroxylation is 2. The molecule has 1 heterocycles. The van der Waals surface area contributed by atoms with Crippen molar-refractivity contribution in [3.8, 4) is 46.4 Å². The summed E-state index contributed by atoms with van der Waals surface area (Å²) in [5.74, 6) is 1.08. The van der Waals surface area contributed by atoms with E-state index < -0.39 is 0 Å². The molecule has 0 bridgehead atoms. The van der Waals surface area contributed by atoms with Crippen LogP contribution in [0.2, 0.25) is 0 Å². The Bertz CT molecular complexity index is 1140. The molecule has 1 aromatic heterocycles. The molecule has 2 N–H and O–H groups in total. The van der Waals surface area contributed by atoms with Crippen LogP contribution >= 0.6 is 0 Å². The van der Waals surface area contributed by atoms with Crippen LogP contribution in [0.15, 0.2) is 66.7 Å². The van der Waals surface area contributed by atoms with E-state index in [1.807, 2.05) is 50.2 Å². The van der Waals surface area contributed by atoms with Crippen LogP contribution in [0.25, 0.3) is 11.4 Å². The van der Waals surface area contributed by atoms with Gasteiger partial charge in [0.1, 0.15) is 23.0 Å². The van der Waals surface area contributed by atoms with Gasteiger partial charge in [-0.3, -0.25) is 0 Å². The zero-order valence-electron chi connectivity index (χ0n) is 16.4. The molecule has 0 saturated carbocycles. The van der Waals surface area contributed by atoms with Crippen LogP contribution in [-0.2, 0) is 0 Å². The molecule has 3 aromatic carbocycles. The lowest BCUT2D eigenvalue weighted by Gasteiger charge is -2.12. The second-order valence-electron chi connectivity index (χ2n) is 6.66. The van der Waals surface area contributed by atoms with Gasteiger partial charge in [0, 0.05) is 6.07 Å². The van der Waals surface area contributed by atoms with Crippen molar-refractivity contribution in [3.63, 3.8) is 0 Å². The monoisotopic (exact) mass is 401 g/mol. The normalized spacial score (nSPS) is 10.6. The Hall–Kier alpha value is -4.13. The Morgan fingerprint density at radius 3 is 1.70 bits per heavy atom. The van der Waals surface area contributed by atoms with E-state index in [1.54, 1.807) is 12.1 Å². The number of ether oxygens (including phenoxy) is 2. The zero-order chi connectivity index (χ0) is 21.1. The average Bonchev–Trinajstić information content (AvgIpc) is 2.71. The Kier molecular flexibility index (Phi) is 5.17. The first kappa shape index (κ1) is 19.2. The first-order valence-corrected chi connectivity index (χ1v) is 9.25. The van der Waals surface area contributed by atoms with Crippen molar-refractivity contribution in [2.45, 2.75) is 13.8 Å². The number of hydrogen-bond acceptors (Lipinski definition) is 7. The quantitative estimate of drug-likeness (QED) is 0.477. The highest BCUT2D eigenvalue weighted by Crippen LogP contribution is 2.33. The van der Waals surface area contributed by atoms with Crippen molar-refractivity contribution < 1.29 is 19.7 Å². The molecule has 4 rings (SSSR count). The number of rotatable bonds is 5. The number of phenolic OH excluding ortho intramolecular Hbond substituents is 2. The number of aromatic nitrogens is 3. The van der Waals surface area contributed by atoms with Gasteiger partial charge in [0.05, 0.1) is 5.56 Å². The molecule has 0 atom stereocenters. The van der Waals surface area contributed by atoms with Crippen molar-refractivity contribution in [1.82, 2.24) is 15.0 Å². The second kappa shape index (κ2) is 8.08. The standard InChI is InChI=1S/C23H19N3O4/c1-14-7-3-5-9-19(14)29-22-24-21(17-12-11-16(27)13-18(17)28)25-23(26-22)30-20-10-6-4-8-15(20)2/h3-13,27-28H,1-2H3. The number of hydrogen-bond donors (Lipinski definition) is 2.